The van der Waals surface area contributed by atoms with E-state index in [0.29, 0.717) is 0 Å². The molecule has 2 aromatic rings. The van der Waals surface area contributed by atoms with Crippen LogP contribution in [0.2, 0.25) is 0 Å². The molecule has 0 radical (unpaired) electrons. The first-order valence-corrected chi connectivity index (χ1v) is 7.64. The Labute approximate surface area is 127 Å². The SMILES string of the molecule is CCCc1cccc(C(O)c2cn(C)nc2C(C)(C)C)c1. The lowest BCUT2D eigenvalue weighted by Gasteiger charge is -2.20. The topological polar surface area (TPSA) is 38.0 Å². The van der Waals surface area contributed by atoms with Crippen LogP contribution in [-0.4, -0.2) is 14.9 Å². The minimum Gasteiger partial charge on any atom is -0.384 e. The van der Waals surface area contributed by atoms with Crippen molar-refractivity contribution < 1.29 is 5.11 Å². The Hall–Kier alpha value is -1.61. The van der Waals surface area contributed by atoms with Gasteiger partial charge in [0.05, 0.1) is 5.69 Å². The molecule has 0 fully saturated rings. The number of rotatable bonds is 4. The van der Waals surface area contributed by atoms with E-state index in [9.17, 15) is 5.11 Å². The summed E-state index contributed by atoms with van der Waals surface area (Å²) in [6, 6.07) is 8.24. The van der Waals surface area contributed by atoms with Gasteiger partial charge in [0.1, 0.15) is 6.10 Å². The molecule has 1 heterocycles. The molecular formula is C18H26N2O. The lowest BCUT2D eigenvalue weighted by molar-refractivity contribution is 0.217. The minimum atomic E-state index is -0.621. The van der Waals surface area contributed by atoms with Crippen LogP contribution >= 0.6 is 0 Å². The molecule has 0 amide bonds. The quantitative estimate of drug-likeness (QED) is 0.929. The zero-order chi connectivity index (χ0) is 15.6. The Bertz CT molecular complexity index is 608. The van der Waals surface area contributed by atoms with Crippen LogP contribution in [-0.2, 0) is 18.9 Å². The summed E-state index contributed by atoms with van der Waals surface area (Å²) < 4.78 is 1.79. The van der Waals surface area contributed by atoms with Crippen molar-refractivity contribution in [2.75, 3.05) is 0 Å². The average Bonchev–Trinajstić information content (AvgIpc) is 2.81. The smallest absolute Gasteiger partial charge is 0.107 e. The molecule has 21 heavy (non-hydrogen) atoms. The van der Waals surface area contributed by atoms with Crippen LogP contribution in [0.5, 0.6) is 0 Å². The normalized spacial score (nSPS) is 13.4. The summed E-state index contributed by atoms with van der Waals surface area (Å²) in [5.41, 5.74) is 3.99. The van der Waals surface area contributed by atoms with Gasteiger partial charge in [-0.05, 0) is 17.5 Å². The fourth-order valence-corrected chi connectivity index (χ4v) is 2.68. The van der Waals surface area contributed by atoms with Crippen LogP contribution in [0, 0.1) is 0 Å². The summed E-state index contributed by atoms with van der Waals surface area (Å²) in [6.45, 7) is 8.54. The van der Waals surface area contributed by atoms with E-state index in [4.69, 9.17) is 0 Å². The highest BCUT2D eigenvalue weighted by molar-refractivity contribution is 5.36. The molecule has 0 saturated heterocycles. The molecule has 3 nitrogen and oxygen atoms in total. The zero-order valence-corrected chi connectivity index (χ0v) is 13.7. The molecule has 1 aromatic heterocycles. The van der Waals surface area contributed by atoms with E-state index in [-0.39, 0.29) is 5.41 Å². The second-order valence-electron chi connectivity index (χ2n) is 6.75. The van der Waals surface area contributed by atoms with Gasteiger partial charge in [-0.1, -0.05) is 58.4 Å². The number of aliphatic hydroxyl groups excluding tert-OH is 1. The number of hydrogen-bond acceptors (Lipinski definition) is 2. The van der Waals surface area contributed by atoms with Gasteiger partial charge in [-0.3, -0.25) is 4.68 Å². The van der Waals surface area contributed by atoms with E-state index in [0.717, 1.165) is 29.7 Å². The minimum absolute atomic E-state index is 0.0847. The van der Waals surface area contributed by atoms with Crippen molar-refractivity contribution in [2.24, 2.45) is 7.05 Å². The van der Waals surface area contributed by atoms with Crippen LogP contribution in [0.1, 0.15) is 62.6 Å². The molecule has 1 atom stereocenters. The van der Waals surface area contributed by atoms with Gasteiger partial charge in [0.2, 0.25) is 0 Å². The molecule has 1 N–H and O–H groups in total. The molecular weight excluding hydrogens is 260 g/mol. The van der Waals surface area contributed by atoms with E-state index in [1.165, 1.54) is 5.56 Å². The molecule has 0 spiro atoms. The van der Waals surface area contributed by atoms with Gasteiger partial charge in [0, 0.05) is 24.2 Å². The van der Waals surface area contributed by atoms with Gasteiger partial charge in [-0.15, -0.1) is 0 Å². The third-order valence-corrected chi connectivity index (χ3v) is 3.67. The van der Waals surface area contributed by atoms with Crippen LogP contribution in [0.4, 0.5) is 0 Å². The molecule has 1 unspecified atom stereocenters. The lowest BCUT2D eigenvalue weighted by atomic mass is 9.86. The average molecular weight is 286 g/mol. The summed E-state index contributed by atoms with van der Waals surface area (Å²) in [5, 5.41) is 15.3. The van der Waals surface area contributed by atoms with Crippen molar-refractivity contribution in [3.63, 3.8) is 0 Å². The molecule has 3 heteroatoms. The summed E-state index contributed by atoms with van der Waals surface area (Å²) >= 11 is 0. The summed E-state index contributed by atoms with van der Waals surface area (Å²) in [6.07, 6.45) is 3.46. The molecule has 114 valence electrons. The van der Waals surface area contributed by atoms with Crippen molar-refractivity contribution in [2.45, 2.75) is 52.1 Å². The lowest BCUT2D eigenvalue weighted by Crippen LogP contribution is -2.16. The van der Waals surface area contributed by atoms with Crippen LogP contribution in [0.15, 0.2) is 30.5 Å². The first kappa shape index (κ1) is 15.8. The molecule has 0 bridgehead atoms. The fraction of sp³-hybridized carbons (Fsp3) is 0.500. The fourth-order valence-electron chi connectivity index (χ4n) is 2.68. The molecule has 0 aliphatic rings. The van der Waals surface area contributed by atoms with Crippen LogP contribution in [0.3, 0.4) is 0 Å². The number of aryl methyl sites for hydroxylation is 2. The van der Waals surface area contributed by atoms with Crippen LogP contribution < -0.4 is 0 Å². The predicted octanol–water partition coefficient (Wildman–Crippen LogP) is 3.75. The van der Waals surface area contributed by atoms with Gasteiger partial charge in [0.25, 0.3) is 0 Å². The van der Waals surface area contributed by atoms with E-state index in [1.807, 2.05) is 25.4 Å². The monoisotopic (exact) mass is 286 g/mol. The largest absolute Gasteiger partial charge is 0.384 e. The second-order valence-corrected chi connectivity index (χ2v) is 6.75. The Balaban J connectivity index is 2.40. The number of aliphatic hydroxyl groups is 1. The Morgan fingerprint density at radius 1 is 1.29 bits per heavy atom. The Morgan fingerprint density at radius 2 is 2.00 bits per heavy atom. The van der Waals surface area contributed by atoms with Gasteiger partial charge in [0.15, 0.2) is 0 Å². The number of benzene rings is 1. The van der Waals surface area contributed by atoms with Crippen LogP contribution in [0.25, 0.3) is 0 Å². The molecule has 0 aliphatic heterocycles. The van der Waals surface area contributed by atoms with E-state index < -0.39 is 6.10 Å². The first-order valence-electron chi connectivity index (χ1n) is 7.64. The molecule has 2 rings (SSSR count). The summed E-state index contributed by atoms with van der Waals surface area (Å²) in [7, 11) is 1.90. The van der Waals surface area contributed by atoms with Crippen molar-refractivity contribution in [3.8, 4) is 0 Å². The molecule has 0 saturated carbocycles. The van der Waals surface area contributed by atoms with E-state index in [2.05, 4.69) is 44.9 Å². The van der Waals surface area contributed by atoms with E-state index >= 15 is 0 Å². The number of nitrogens with zero attached hydrogens (tertiary/aromatic N) is 2. The van der Waals surface area contributed by atoms with Crippen molar-refractivity contribution in [1.29, 1.82) is 0 Å². The number of hydrogen-bond donors (Lipinski definition) is 1. The van der Waals surface area contributed by atoms with Crippen molar-refractivity contribution in [3.05, 3.63) is 52.8 Å². The van der Waals surface area contributed by atoms with Gasteiger partial charge in [-0.25, -0.2) is 0 Å². The third-order valence-electron chi connectivity index (χ3n) is 3.67. The van der Waals surface area contributed by atoms with Gasteiger partial charge < -0.3 is 5.11 Å². The molecule has 1 aromatic carbocycles. The zero-order valence-electron chi connectivity index (χ0n) is 13.7. The number of aromatic nitrogens is 2. The maximum Gasteiger partial charge on any atom is 0.107 e. The standard InChI is InChI=1S/C18H26N2O/c1-6-8-13-9-7-10-14(11-13)16(21)15-12-20(5)19-17(15)18(2,3)4/h7,9-12,16,21H,6,8H2,1-5H3. The Morgan fingerprint density at radius 3 is 2.62 bits per heavy atom. The van der Waals surface area contributed by atoms with E-state index in [1.54, 1.807) is 4.68 Å². The Kier molecular flexibility index (Phi) is 4.52. The van der Waals surface area contributed by atoms with Crippen molar-refractivity contribution >= 4 is 0 Å². The maximum atomic E-state index is 10.8. The highest BCUT2D eigenvalue weighted by atomic mass is 16.3. The highest BCUT2D eigenvalue weighted by Gasteiger charge is 2.26. The summed E-state index contributed by atoms with van der Waals surface area (Å²) in [4.78, 5) is 0. The van der Waals surface area contributed by atoms with Crippen molar-refractivity contribution in [1.82, 2.24) is 9.78 Å². The predicted molar refractivity (Wildman–Crippen MR) is 86.4 cm³/mol. The summed E-state index contributed by atoms with van der Waals surface area (Å²) in [5.74, 6) is 0. The maximum absolute atomic E-state index is 10.8. The second kappa shape index (κ2) is 6.02. The van der Waals surface area contributed by atoms with Gasteiger partial charge >= 0.3 is 0 Å². The highest BCUT2D eigenvalue weighted by Crippen LogP contribution is 2.31. The third kappa shape index (κ3) is 3.53. The van der Waals surface area contributed by atoms with Gasteiger partial charge in [-0.2, -0.15) is 5.10 Å². The first-order chi connectivity index (χ1) is 9.82. The molecule has 0 aliphatic carbocycles.